The average molecular weight is 421 g/mol. The van der Waals surface area contributed by atoms with Crippen LogP contribution in [-0.4, -0.2) is 26.4 Å². The molecule has 27 heavy (non-hydrogen) atoms. The Hall–Kier alpha value is -1.83. The molecule has 5 nitrogen and oxygen atoms in total. The van der Waals surface area contributed by atoms with Crippen molar-refractivity contribution in [1.29, 1.82) is 0 Å². The molecule has 0 spiro atoms. The topological polar surface area (TPSA) is 59.8 Å². The summed E-state index contributed by atoms with van der Waals surface area (Å²) in [5.41, 5.74) is 2.08. The molecule has 1 N–H and O–H groups in total. The van der Waals surface area contributed by atoms with E-state index in [1.54, 1.807) is 11.3 Å². The first-order valence-corrected chi connectivity index (χ1v) is 10.8. The number of rotatable bonds is 7. The summed E-state index contributed by atoms with van der Waals surface area (Å²) >= 11 is 8.97. The summed E-state index contributed by atoms with van der Waals surface area (Å²) in [5.74, 6) is 1.10. The second-order valence-electron chi connectivity index (χ2n) is 6.41. The second-order valence-corrected chi connectivity index (χ2v) is 8.90. The number of nitrogens with one attached hydrogen (secondary N) is 1. The maximum absolute atomic E-state index is 12.2. The molecule has 0 unspecified atom stereocenters. The zero-order chi connectivity index (χ0) is 19.4. The van der Waals surface area contributed by atoms with Crippen LogP contribution in [0.3, 0.4) is 0 Å². The summed E-state index contributed by atoms with van der Waals surface area (Å²) in [7, 11) is 0. The maximum atomic E-state index is 12.2. The van der Waals surface area contributed by atoms with Gasteiger partial charge in [-0.3, -0.25) is 9.36 Å². The van der Waals surface area contributed by atoms with Gasteiger partial charge in [-0.2, -0.15) is 0 Å². The van der Waals surface area contributed by atoms with Gasteiger partial charge < -0.3 is 5.32 Å². The van der Waals surface area contributed by atoms with Crippen molar-refractivity contribution in [3.8, 4) is 11.4 Å². The molecule has 0 saturated heterocycles. The third-order valence-electron chi connectivity index (χ3n) is 3.90. The van der Waals surface area contributed by atoms with Gasteiger partial charge in [-0.05, 0) is 44.5 Å². The first kappa shape index (κ1) is 19.9. The highest BCUT2D eigenvalue weighted by Crippen LogP contribution is 2.30. The van der Waals surface area contributed by atoms with Gasteiger partial charge in [-0.15, -0.1) is 21.5 Å². The number of carbonyl (C=O) groups is 1. The monoisotopic (exact) mass is 420 g/mol. The lowest BCUT2D eigenvalue weighted by atomic mass is 10.2. The number of carbonyl (C=O) groups excluding carboxylic acids is 1. The molecule has 0 saturated carbocycles. The molecule has 8 heteroatoms. The number of amides is 1. The molecular weight excluding hydrogens is 400 g/mol. The van der Waals surface area contributed by atoms with Gasteiger partial charge in [0.2, 0.25) is 5.91 Å². The van der Waals surface area contributed by atoms with Crippen LogP contribution in [-0.2, 0) is 11.3 Å². The number of thiophene rings is 1. The molecule has 2 heterocycles. The molecule has 2 aromatic heterocycles. The number of aryl methyl sites for hydroxylation is 1. The molecule has 142 valence electrons. The third-order valence-corrected chi connectivity index (χ3v) is 5.96. The Bertz CT molecular complexity index is 918. The Morgan fingerprint density at radius 2 is 2.04 bits per heavy atom. The van der Waals surface area contributed by atoms with E-state index in [4.69, 9.17) is 11.6 Å². The highest BCUT2D eigenvalue weighted by Gasteiger charge is 2.18. The quantitative estimate of drug-likeness (QED) is 0.549. The van der Waals surface area contributed by atoms with E-state index in [2.05, 4.69) is 52.3 Å². The van der Waals surface area contributed by atoms with Crippen molar-refractivity contribution >= 4 is 40.6 Å². The van der Waals surface area contributed by atoms with E-state index in [9.17, 15) is 4.79 Å². The molecule has 1 amide bonds. The molecule has 0 aliphatic rings. The Labute approximate surface area is 172 Å². The Balaban J connectivity index is 1.62. The van der Waals surface area contributed by atoms with Gasteiger partial charge in [0, 0.05) is 33.4 Å². The molecule has 0 atom stereocenters. The minimum Gasteiger partial charge on any atom is -0.351 e. The Kier molecular flexibility index (Phi) is 6.57. The van der Waals surface area contributed by atoms with Crippen molar-refractivity contribution in [3.05, 3.63) is 51.2 Å². The molecule has 0 fully saturated rings. The van der Waals surface area contributed by atoms with E-state index in [0.717, 1.165) is 22.1 Å². The standard InChI is InChI=1S/C19H21ClN4OS2/c1-12(2)24-18(15-8-13(3)26-10-15)22-23-19(24)27-11-17(25)21-9-14-4-6-16(20)7-5-14/h4-8,10,12H,9,11H2,1-3H3,(H,21,25). The number of hydrogen-bond donors (Lipinski definition) is 1. The van der Waals surface area contributed by atoms with Crippen molar-refractivity contribution in [2.75, 3.05) is 5.75 Å². The molecule has 0 bridgehead atoms. The second kappa shape index (κ2) is 8.91. The van der Waals surface area contributed by atoms with Gasteiger partial charge in [0.25, 0.3) is 0 Å². The lowest BCUT2D eigenvalue weighted by molar-refractivity contribution is -0.118. The molecular formula is C19H21ClN4OS2. The first-order chi connectivity index (χ1) is 12.9. The van der Waals surface area contributed by atoms with Gasteiger partial charge in [-0.25, -0.2) is 0 Å². The van der Waals surface area contributed by atoms with Crippen LogP contribution in [0.15, 0.2) is 40.9 Å². The van der Waals surface area contributed by atoms with Crippen molar-refractivity contribution in [3.63, 3.8) is 0 Å². The van der Waals surface area contributed by atoms with Crippen LogP contribution in [0.4, 0.5) is 0 Å². The molecule has 3 rings (SSSR count). The zero-order valence-corrected chi connectivity index (χ0v) is 17.8. The SMILES string of the molecule is Cc1cc(-c2nnc(SCC(=O)NCc3ccc(Cl)cc3)n2C(C)C)cs1. The van der Waals surface area contributed by atoms with E-state index in [-0.39, 0.29) is 11.9 Å². The van der Waals surface area contributed by atoms with Crippen LogP contribution in [0.1, 0.15) is 30.3 Å². The number of nitrogens with zero attached hydrogens (tertiary/aromatic N) is 3. The number of halogens is 1. The van der Waals surface area contributed by atoms with E-state index < -0.39 is 0 Å². The minimum absolute atomic E-state index is 0.0406. The van der Waals surface area contributed by atoms with Gasteiger partial charge in [-0.1, -0.05) is 35.5 Å². The Morgan fingerprint density at radius 3 is 2.67 bits per heavy atom. The number of hydrogen-bond acceptors (Lipinski definition) is 5. The minimum atomic E-state index is -0.0406. The fraction of sp³-hybridized carbons (Fsp3) is 0.316. The fourth-order valence-corrected chi connectivity index (χ4v) is 4.29. The summed E-state index contributed by atoms with van der Waals surface area (Å²) in [5, 5.41) is 15.1. The largest absolute Gasteiger partial charge is 0.351 e. The zero-order valence-electron chi connectivity index (χ0n) is 15.4. The van der Waals surface area contributed by atoms with E-state index in [0.29, 0.717) is 17.3 Å². The molecule has 0 aliphatic heterocycles. The fourth-order valence-electron chi connectivity index (χ4n) is 2.58. The van der Waals surface area contributed by atoms with Gasteiger partial charge in [0.1, 0.15) is 0 Å². The maximum Gasteiger partial charge on any atom is 0.230 e. The van der Waals surface area contributed by atoms with Gasteiger partial charge in [0.05, 0.1) is 5.75 Å². The highest BCUT2D eigenvalue weighted by atomic mass is 35.5. The summed E-state index contributed by atoms with van der Waals surface area (Å²) in [6.45, 7) is 6.74. The lowest BCUT2D eigenvalue weighted by Crippen LogP contribution is -2.24. The van der Waals surface area contributed by atoms with E-state index in [1.807, 2.05) is 24.3 Å². The van der Waals surface area contributed by atoms with E-state index >= 15 is 0 Å². The summed E-state index contributed by atoms with van der Waals surface area (Å²) in [6.07, 6.45) is 0. The van der Waals surface area contributed by atoms with Crippen LogP contribution < -0.4 is 5.32 Å². The lowest BCUT2D eigenvalue weighted by Gasteiger charge is -2.13. The van der Waals surface area contributed by atoms with Crippen molar-refractivity contribution in [2.24, 2.45) is 0 Å². The molecule has 1 aromatic carbocycles. The summed E-state index contributed by atoms with van der Waals surface area (Å²) in [6, 6.07) is 9.75. The average Bonchev–Trinajstić information content (AvgIpc) is 3.25. The third kappa shape index (κ3) is 5.12. The predicted molar refractivity (Wildman–Crippen MR) is 112 cm³/mol. The van der Waals surface area contributed by atoms with Gasteiger partial charge in [0.15, 0.2) is 11.0 Å². The normalized spacial score (nSPS) is 11.1. The van der Waals surface area contributed by atoms with Crippen LogP contribution in [0, 0.1) is 6.92 Å². The smallest absolute Gasteiger partial charge is 0.230 e. The van der Waals surface area contributed by atoms with Crippen LogP contribution in [0.25, 0.3) is 11.4 Å². The molecule has 0 radical (unpaired) electrons. The Morgan fingerprint density at radius 1 is 1.30 bits per heavy atom. The molecule has 0 aliphatic carbocycles. The van der Waals surface area contributed by atoms with Crippen LogP contribution in [0.2, 0.25) is 5.02 Å². The van der Waals surface area contributed by atoms with Crippen molar-refractivity contribution in [2.45, 2.75) is 38.5 Å². The van der Waals surface area contributed by atoms with E-state index in [1.165, 1.54) is 16.6 Å². The van der Waals surface area contributed by atoms with Crippen LogP contribution >= 0.6 is 34.7 Å². The number of benzene rings is 1. The highest BCUT2D eigenvalue weighted by molar-refractivity contribution is 7.99. The number of aromatic nitrogens is 3. The van der Waals surface area contributed by atoms with Gasteiger partial charge >= 0.3 is 0 Å². The summed E-state index contributed by atoms with van der Waals surface area (Å²) in [4.78, 5) is 13.4. The van der Waals surface area contributed by atoms with Crippen molar-refractivity contribution < 1.29 is 4.79 Å². The summed E-state index contributed by atoms with van der Waals surface area (Å²) < 4.78 is 2.08. The first-order valence-electron chi connectivity index (χ1n) is 8.58. The number of thioether (sulfide) groups is 1. The van der Waals surface area contributed by atoms with Crippen molar-refractivity contribution in [1.82, 2.24) is 20.1 Å². The van der Waals surface area contributed by atoms with Crippen LogP contribution in [0.5, 0.6) is 0 Å². The predicted octanol–water partition coefficient (Wildman–Crippen LogP) is 4.96. The molecule has 3 aromatic rings.